The molecule has 0 saturated heterocycles. The number of nitrogens with zero attached hydrogens (tertiary/aromatic N) is 1. The van der Waals surface area contributed by atoms with Crippen molar-refractivity contribution in [2.45, 2.75) is 39.8 Å². The molecule has 0 heterocycles. The van der Waals surface area contributed by atoms with Crippen molar-refractivity contribution in [1.29, 1.82) is 0 Å². The van der Waals surface area contributed by atoms with E-state index in [1.54, 1.807) is 0 Å². The van der Waals surface area contributed by atoms with Gasteiger partial charge in [0.2, 0.25) is 0 Å². The summed E-state index contributed by atoms with van der Waals surface area (Å²) in [7, 11) is 0. The highest BCUT2D eigenvalue weighted by molar-refractivity contribution is 9.11. The number of halogens is 1. The fraction of sp³-hybridized carbons (Fsp3) is 0.778. The Morgan fingerprint density at radius 2 is 1.64 bits per heavy atom. The second kappa shape index (κ2) is 4.94. The van der Waals surface area contributed by atoms with E-state index in [4.69, 9.17) is 0 Å². The van der Waals surface area contributed by atoms with Crippen LogP contribution in [0.1, 0.15) is 27.7 Å². The molecule has 0 N–H and O–H groups in total. The monoisotopic (exact) mass is 219 g/mol. The van der Waals surface area contributed by atoms with Gasteiger partial charge < -0.3 is 0 Å². The summed E-state index contributed by atoms with van der Waals surface area (Å²) in [4.78, 5) is 2.39. The molecule has 0 aliphatic rings. The molecule has 0 spiro atoms. The summed E-state index contributed by atoms with van der Waals surface area (Å²) in [5.74, 6) is 0. The summed E-state index contributed by atoms with van der Waals surface area (Å²) in [5, 5.41) is 0. The summed E-state index contributed by atoms with van der Waals surface area (Å²) in [6, 6.07) is 1.17. The van der Waals surface area contributed by atoms with Crippen LogP contribution in [0.2, 0.25) is 0 Å². The van der Waals surface area contributed by atoms with Gasteiger partial charge in [-0.25, -0.2) is 0 Å². The zero-order valence-corrected chi connectivity index (χ0v) is 9.48. The fourth-order valence-electron chi connectivity index (χ4n) is 1.16. The van der Waals surface area contributed by atoms with Gasteiger partial charge in [0, 0.05) is 23.1 Å². The van der Waals surface area contributed by atoms with E-state index in [-0.39, 0.29) is 0 Å². The molecule has 2 heteroatoms. The van der Waals surface area contributed by atoms with Crippen molar-refractivity contribution < 1.29 is 0 Å². The molecule has 0 aromatic heterocycles. The average molecular weight is 220 g/mol. The maximum Gasteiger partial charge on any atom is 0.0299 e. The Kier molecular flexibility index (Phi) is 5.02. The quantitative estimate of drug-likeness (QED) is 0.703. The summed E-state index contributed by atoms with van der Waals surface area (Å²) < 4.78 is 1.06. The molecule has 0 aliphatic heterocycles. The average Bonchev–Trinajstić information content (AvgIpc) is 1.81. The molecule has 66 valence electrons. The highest BCUT2D eigenvalue weighted by Gasteiger charge is 2.12. The van der Waals surface area contributed by atoms with Crippen molar-refractivity contribution in [2.75, 3.05) is 6.54 Å². The molecule has 0 bridgehead atoms. The van der Waals surface area contributed by atoms with Gasteiger partial charge in [0.25, 0.3) is 0 Å². The lowest BCUT2D eigenvalue weighted by molar-refractivity contribution is 0.195. The highest BCUT2D eigenvalue weighted by Crippen LogP contribution is 2.10. The van der Waals surface area contributed by atoms with Crippen LogP contribution in [0.25, 0.3) is 0 Å². The van der Waals surface area contributed by atoms with Crippen LogP contribution < -0.4 is 0 Å². The van der Waals surface area contributed by atoms with Crippen molar-refractivity contribution >= 4 is 15.9 Å². The first-order valence-corrected chi connectivity index (χ1v) is 4.83. The zero-order valence-electron chi connectivity index (χ0n) is 7.89. The third-order valence-electron chi connectivity index (χ3n) is 1.68. The van der Waals surface area contributed by atoms with E-state index >= 15 is 0 Å². The number of hydrogen-bond donors (Lipinski definition) is 0. The minimum atomic E-state index is 0.587. The standard InChI is InChI=1S/C9H18BrN/c1-7(2)11(8(3)4)6-9(5)10/h7-8H,5-6H2,1-4H3. The van der Waals surface area contributed by atoms with E-state index in [0.717, 1.165) is 11.0 Å². The van der Waals surface area contributed by atoms with Crippen LogP contribution in [0.4, 0.5) is 0 Å². The minimum absolute atomic E-state index is 0.587. The van der Waals surface area contributed by atoms with E-state index in [0.29, 0.717) is 12.1 Å². The normalized spacial score (nSPS) is 11.6. The summed E-state index contributed by atoms with van der Waals surface area (Å²) >= 11 is 3.38. The molecule has 11 heavy (non-hydrogen) atoms. The molecule has 0 aromatic carbocycles. The SMILES string of the molecule is C=C(Br)CN(C(C)C)C(C)C. The van der Waals surface area contributed by atoms with Crippen LogP contribution >= 0.6 is 15.9 Å². The molecule has 0 atom stereocenters. The van der Waals surface area contributed by atoms with Crippen molar-refractivity contribution in [3.05, 3.63) is 11.1 Å². The van der Waals surface area contributed by atoms with Crippen LogP contribution in [-0.4, -0.2) is 23.5 Å². The molecule has 0 fully saturated rings. The van der Waals surface area contributed by atoms with Gasteiger partial charge in [0.1, 0.15) is 0 Å². The highest BCUT2D eigenvalue weighted by atomic mass is 79.9. The van der Waals surface area contributed by atoms with E-state index in [2.05, 4.69) is 55.1 Å². The lowest BCUT2D eigenvalue weighted by Gasteiger charge is -2.29. The molecule has 1 nitrogen and oxygen atoms in total. The Labute approximate surface area is 78.6 Å². The van der Waals surface area contributed by atoms with Crippen molar-refractivity contribution in [3.8, 4) is 0 Å². The summed E-state index contributed by atoms with van der Waals surface area (Å²) in [6.07, 6.45) is 0. The van der Waals surface area contributed by atoms with Crippen LogP contribution in [0.5, 0.6) is 0 Å². The molecule has 0 saturated carbocycles. The molecule has 0 amide bonds. The van der Waals surface area contributed by atoms with Gasteiger partial charge >= 0.3 is 0 Å². The van der Waals surface area contributed by atoms with Crippen LogP contribution in [0, 0.1) is 0 Å². The summed E-state index contributed by atoms with van der Waals surface area (Å²) in [6.45, 7) is 13.6. The van der Waals surface area contributed by atoms with Crippen LogP contribution in [0.3, 0.4) is 0 Å². The first-order valence-electron chi connectivity index (χ1n) is 4.04. The molecular formula is C9H18BrN. The minimum Gasteiger partial charge on any atom is -0.294 e. The topological polar surface area (TPSA) is 3.24 Å². The predicted molar refractivity (Wildman–Crippen MR) is 55.0 cm³/mol. The molecular weight excluding hydrogens is 202 g/mol. The fourth-order valence-corrected chi connectivity index (χ4v) is 1.45. The Morgan fingerprint density at radius 3 is 1.73 bits per heavy atom. The van der Waals surface area contributed by atoms with Gasteiger partial charge in [-0.15, -0.1) is 0 Å². The maximum atomic E-state index is 3.83. The largest absolute Gasteiger partial charge is 0.294 e. The molecule has 0 aliphatic carbocycles. The lowest BCUT2D eigenvalue weighted by Crippen LogP contribution is -2.37. The number of hydrogen-bond acceptors (Lipinski definition) is 1. The van der Waals surface area contributed by atoms with Gasteiger partial charge in [-0.05, 0) is 27.7 Å². The van der Waals surface area contributed by atoms with Crippen molar-refractivity contribution in [3.63, 3.8) is 0 Å². The van der Waals surface area contributed by atoms with E-state index in [1.165, 1.54) is 0 Å². The zero-order chi connectivity index (χ0) is 9.02. The van der Waals surface area contributed by atoms with Gasteiger partial charge in [0.15, 0.2) is 0 Å². The third-order valence-corrected chi connectivity index (χ3v) is 1.93. The van der Waals surface area contributed by atoms with Crippen molar-refractivity contribution in [1.82, 2.24) is 4.90 Å². The molecule has 0 rings (SSSR count). The Hall–Kier alpha value is 0.180. The van der Waals surface area contributed by atoms with Gasteiger partial charge in [-0.1, -0.05) is 22.5 Å². The van der Waals surface area contributed by atoms with E-state index < -0.39 is 0 Å². The predicted octanol–water partition coefficient (Wildman–Crippen LogP) is 3.01. The van der Waals surface area contributed by atoms with Crippen LogP contribution in [-0.2, 0) is 0 Å². The summed E-state index contributed by atoms with van der Waals surface area (Å²) in [5.41, 5.74) is 0. The smallest absolute Gasteiger partial charge is 0.0299 e. The van der Waals surface area contributed by atoms with Gasteiger partial charge in [0.05, 0.1) is 0 Å². The van der Waals surface area contributed by atoms with Crippen molar-refractivity contribution in [2.24, 2.45) is 0 Å². The maximum absolute atomic E-state index is 3.83. The molecule has 0 aromatic rings. The Bertz CT molecular complexity index is 122. The number of rotatable bonds is 4. The lowest BCUT2D eigenvalue weighted by atomic mass is 10.2. The Balaban J connectivity index is 4.00. The first-order chi connectivity index (χ1) is 4.95. The van der Waals surface area contributed by atoms with Gasteiger partial charge in [-0.3, -0.25) is 4.90 Å². The second-order valence-electron chi connectivity index (χ2n) is 3.38. The van der Waals surface area contributed by atoms with E-state index in [1.807, 2.05) is 0 Å². The second-order valence-corrected chi connectivity index (χ2v) is 4.50. The molecule has 0 radical (unpaired) electrons. The van der Waals surface area contributed by atoms with Gasteiger partial charge in [-0.2, -0.15) is 0 Å². The van der Waals surface area contributed by atoms with Crippen LogP contribution in [0.15, 0.2) is 11.1 Å². The Morgan fingerprint density at radius 1 is 1.27 bits per heavy atom. The van der Waals surface area contributed by atoms with E-state index in [9.17, 15) is 0 Å². The first kappa shape index (κ1) is 11.2. The third kappa shape index (κ3) is 4.59. The molecule has 0 unspecified atom stereocenters.